The van der Waals surface area contributed by atoms with Crippen molar-refractivity contribution in [3.63, 3.8) is 0 Å². The molecule has 3 N–H and O–H groups in total. The number of hydrogen-bond acceptors (Lipinski definition) is 4. The zero-order valence-corrected chi connectivity index (χ0v) is 11.8. The molecular weight excluding hydrogens is 242 g/mol. The molecule has 2 aromatic rings. The first-order valence-electron chi connectivity index (χ1n) is 6.09. The average Bonchev–Trinajstić information content (AvgIpc) is 2.68. The Morgan fingerprint density at radius 2 is 1.94 bits per heavy atom. The van der Waals surface area contributed by atoms with Crippen LogP contribution in [0.3, 0.4) is 0 Å². The van der Waals surface area contributed by atoms with E-state index in [4.69, 9.17) is 5.73 Å². The van der Waals surface area contributed by atoms with Crippen LogP contribution in [0.1, 0.15) is 34.7 Å². The first-order chi connectivity index (χ1) is 8.60. The Labute approximate surface area is 112 Å². The van der Waals surface area contributed by atoms with Crippen LogP contribution in [0.4, 0.5) is 5.13 Å². The first-order valence-corrected chi connectivity index (χ1v) is 6.91. The van der Waals surface area contributed by atoms with Gasteiger partial charge in [0, 0.05) is 11.4 Å². The molecular formula is C14H19N3S. The molecule has 18 heavy (non-hydrogen) atoms. The zero-order chi connectivity index (χ0) is 13.1. The average molecular weight is 261 g/mol. The third-order valence-electron chi connectivity index (χ3n) is 3.08. The molecule has 0 aliphatic rings. The number of benzene rings is 1. The molecule has 0 radical (unpaired) electrons. The molecule has 1 atom stereocenters. The van der Waals surface area contributed by atoms with Crippen LogP contribution in [0.15, 0.2) is 24.3 Å². The van der Waals surface area contributed by atoms with E-state index in [-0.39, 0.29) is 6.04 Å². The summed E-state index contributed by atoms with van der Waals surface area (Å²) >= 11 is 1.70. The minimum atomic E-state index is 0.252. The monoisotopic (exact) mass is 261 g/mol. The zero-order valence-electron chi connectivity index (χ0n) is 11.0. The molecule has 0 aliphatic heterocycles. The Hall–Kier alpha value is -1.39. The van der Waals surface area contributed by atoms with Gasteiger partial charge in [0.15, 0.2) is 5.13 Å². The van der Waals surface area contributed by atoms with Gasteiger partial charge in [-0.25, -0.2) is 4.98 Å². The molecule has 0 aliphatic carbocycles. The molecule has 0 amide bonds. The van der Waals surface area contributed by atoms with E-state index in [1.54, 1.807) is 11.3 Å². The lowest BCUT2D eigenvalue weighted by molar-refractivity contribution is 0.877. The minimum absolute atomic E-state index is 0.252. The van der Waals surface area contributed by atoms with Gasteiger partial charge in [0.2, 0.25) is 0 Å². The fraction of sp³-hybridized carbons (Fsp3) is 0.357. The van der Waals surface area contributed by atoms with Crippen molar-refractivity contribution in [2.75, 3.05) is 5.32 Å². The highest BCUT2D eigenvalue weighted by Crippen LogP contribution is 2.25. The van der Waals surface area contributed by atoms with Gasteiger partial charge in [-0.2, -0.15) is 0 Å². The second-order valence-electron chi connectivity index (χ2n) is 4.47. The summed E-state index contributed by atoms with van der Waals surface area (Å²) < 4.78 is 0. The van der Waals surface area contributed by atoms with Gasteiger partial charge in [0.25, 0.3) is 0 Å². The smallest absolute Gasteiger partial charge is 0.183 e. The second-order valence-corrected chi connectivity index (χ2v) is 5.68. The molecule has 0 saturated carbocycles. The van der Waals surface area contributed by atoms with Gasteiger partial charge in [0.1, 0.15) is 0 Å². The van der Waals surface area contributed by atoms with Crippen LogP contribution < -0.4 is 11.1 Å². The normalized spacial score (nSPS) is 12.4. The molecule has 1 aromatic heterocycles. The lowest BCUT2D eigenvalue weighted by atomic mass is 10.1. The SMILES string of the molecule is Cc1nc(NC(C)c2ccc(CN)cc2)sc1C. The summed E-state index contributed by atoms with van der Waals surface area (Å²) in [5.74, 6) is 0. The third-order valence-corrected chi connectivity index (χ3v) is 4.09. The van der Waals surface area contributed by atoms with Gasteiger partial charge >= 0.3 is 0 Å². The summed E-state index contributed by atoms with van der Waals surface area (Å²) in [6.07, 6.45) is 0. The number of anilines is 1. The van der Waals surface area contributed by atoms with Crippen molar-refractivity contribution in [3.8, 4) is 0 Å². The summed E-state index contributed by atoms with van der Waals surface area (Å²) in [5, 5.41) is 4.42. The summed E-state index contributed by atoms with van der Waals surface area (Å²) in [4.78, 5) is 5.76. The predicted molar refractivity (Wildman–Crippen MR) is 78.0 cm³/mol. The van der Waals surface area contributed by atoms with Crippen molar-refractivity contribution in [2.24, 2.45) is 5.73 Å². The van der Waals surface area contributed by atoms with Gasteiger partial charge in [-0.3, -0.25) is 0 Å². The second kappa shape index (κ2) is 5.50. The predicted octanol–water partition coefficient (Wildman–Crippen LogP) is 3.39. The molecule has 1 heterocycles. The number of hydrogen-bond donors (Lipinski definition) is 2. The molecule has 2 rings (SSSR count). The maximum atomic E-state index is 5.60. The minimum Gasteiger partial charge on any atom is -0.355 e. The van der Waals surface area contributed by atoms with Crippen molar-refractivity contribution in [3.05, 3.63) is 46.0 Å². The molecule has 3 nitrogen and oxygen atoms in total. The number of rotatable bonds is 4. The van der Waals surface area contributed by atoms with E-state index in [1.807, 2.05) is 6.92 Å². The van der Waals surface area contributed by atoms with Crippen LogP contribution >= 0.6 is 11.3 Å². The van der Waals surface area contributed by atoms with Crippen LogP contribution in [0.25, 0.3) is 0 Å². The van der Waals surface area contributed by atoms with E-state index in [9.17, 15) is 0 Å². The lowest BCUT2D eigenvalue weighted by Crippen LogP contribution is -2.06. The summed E-state index contributed by atoms with van der Waals surface area (Å²) in [7, 11) is 0. The maximum Gasteiger partial charge on any atom is 0.183 e. The molecule has 1 unspecified atom stereocenters. The number of nitrogens with two attached hydrogens (primary N) is 1. The van der Waals surface area contributed by atoms with Crippen molar-refractivity contribution in [1.29, 1.82) is 0 Å². The summed E-state index contributed by atoms with van der Waals surface area (Å²) in [6.45, 7) is 6.87. The molecule has 0 saturated heterocycles. The lowest BCUT2D eigenvalue weighted by Gasteiger charge is -2.13. The number of thiazole rings is 1. The molecule has 4 heteroatoms. The number of aryl methyl sites for hydroxylation is 2. The molecule has 1 aromatic carbocycles. The largest absolute Gasteiger partial charge is 0.355 e. The van der Waals surface area contributed by atoms with Crippen molar-refractivity contribution >= 4 is 16.5 Å². The van der Waals surface area contributed by atoms with Gasteiger partial charge in [-0.1, -0.05) is 24.3 Å². The number of nitrogens with one attached hydrogen (secondary N) is 1. The number of nitrogens with zero attached hydrogens (tertiary/aromatic N) is 1. The van der Waals surface area contributed by atoms with E-state index in [2.05, 4.69) is 48.4 Å². The Kier molecular flexibility index (Phi) is 3.99. The van der Waals surface area contributed by atoms with Crippen molar-refractivity contribution < 1.29 is 0 Å². The first kappa shape index (κ1) is 13.1. The third kappa shape index (κ3) is 2.89. The van der Waals surface area contributed by atoms with E-state index in [0.717, 1.165) is 16.4 Å². The van der Waals surface area contributed by atoms with E-state index in [1.165, 1.54) is 10.4 Å². The van der Waals surface area contributed by atoms with Crippen molar-refractivity contribution in [1.82, 2.24) is 4.98 Å². The van der Waals surface area contributed by atoms with Crippen molar-refractivity contribution in [2.45, 2.75) is 33.4 Å². The highest BCUT2D eigenvalue weighted by atomic mass is 32.1. The highest BCUT2D eigenvalue weighted by molar-refractivity contribution is 7.15. The molecule has 96 valence electrons. The van der Waals surface area contributed by atoms with E-state index < -0.39 is 0 Å². The van der Waals surface area contributed by atoms with Gasteiger partial charge in [-0.05, 0) is 31.9 Å². The Bertz CT molecular complexity index is 497. The highest BCUT2D eigenvalue weighted by Gasteiger charge is 2.09. The summed E-state index contributed by atoms with van der Waals surface area (Å²) in [5.41, 5.74) is 9.11. The molecule has 0 fully saturated rings. The number of aromatic nitrogens is 1. The fourth-order valence-electron chi connectivity index (χ4n) is 1.75. The van der Waals surface area contributed by atoms with E-state index in [0.29, 0.717) is 6.54 Å². The van der Waals surface area contributed by atoms with Crippen LogP contribution in [-0.4, -0.2) is 4.98 Å². The Morgan fingerprint density at radius 3 is 2.44 bits per heavy atom. The topological polar surface area (TPSA) is 50.9 Å². The molecule has 0 spiro atoms. The maximum absolute atomic E-state index is 5.60. The fourth-order valence-corrected chi connectivity index (χ4v) is 2.65. The Balaban J connectivity index is 2.08. The van der Waals surface area contributed by atoms with Gasteiger partial charge in [-0.15, -0.1) is 11.3 Å². The van der Waals surface area contributed by atoms with Crippen LogP contribution in [-0.2, 0) is 6.54 Å². The van der Waals surface area contributed by atoms with Gasteiger partial charge < -0.3 is 11.1 Å². The standard InChI is InChI=1S/C14H19N3S/c1-9-11(3)18-14(16-9)17-10(2)13-6-4-12(8-15)5-7-13/h4-7,10H,8,15H2,1-3H3,(H,16,17). The summed E-state index contributed by atoms with van der Waals surface area (Å²) in [6, 6.07) is 8.64. The quantitative estimate of drug-likeness (QED) is 0.887. The molecule has 0 bridgehead atoms. The van der Waals surface area contributed by atoms with Crippen LogP contribution in [0.5, 0.6) is 0 Å². The van der Waals surface area contributed by atoms with E-state index >= 15 is 0 Å². The van der Waals surface area contributed by atoms with Crippen LogP contribution in [0.2, 0.25) is 0 Å². The Morgan fingerprint density at radius 1 is 1.28 bits per heavy atom. The van der Waals surface area contributed by atoms with Crippen LogP contribution in [0, 0.1) is 13.8 Å². The van der Waals surface area contributed by atoms with Gasteiger partial charge in [0.05, 0.1) is 11.7 Å².